The summed E-state index contributed by atoms with van der Waals surface area (Å²) in [5.41, 5.74) is 23.1. The van der Waals surface area contributed by atoms with E-state index in [1.165, 1.54) is 25.7 Å². The molecule has 0 bridgehead atoms. The zero-order valence-corrected chi connectivity index (χ0v) is 46.2. The van der Waals surface area contributed by atoms with Crippen LogP contribution in [0.5, 0.6) is 0 Å². The Balaban J connectivity index is 1.02. The Morgan fingerprint density at radius 1 is 0.321 bits per heavy atom. The maximum absolute atomic E-state index is 18.1. The van der Waals surface area contributed by atoms with E-state index < -0.39 is 0 Å². The topological polar surface area (TPSA) is 19.6 Å². The molecule has 17 rings (SSSR count). The minimum absolute atomic E-state index is 0.331. The Kier molecular flexibility index (Phi) is 11.1. The van der Waals surface area contributed by atoms with Crippen molar-refractivity contribution in [3.63, 3.8) is 0 Å². The van der Waals surface area contributed by atoms with Crippen LogP contribution >= 0.6 is 11.3 Å². The highest BCUT2D eigenvalue weighted by Gasteiger charge is 2.46. The van der Waals surface area contributed by atoms with Crippen LogP contribution in [-0.2, 0) is 0 Å². The van der Waals surface area contributed by atoms with Crippen LogP contribution in [0.4, 0.5) is 38.5 Å². The van der Waals surface area contributed by atoms with Crippen molar-refractivity contribution < 1.29 is 8.81 Å². The normalized spacial score (nSPS) is 12.5. The van der Waals surface area contributed by atoms with E-state index in [1.54, 1.807) is 12.1 Å². The molecule has 4 heterocycles. The van der Waals surface area contributed by atoms with Gasteiger partial charge in [-0.15, -0.1) is 11.3 Å². The van der Waals surface area contributed by atoms with Crippen LogP contribution < -0.4 is 26.2 Å². The molecule has 0 spiro atoms. The fourth-order valence-electron chi connectivity index (χ4n) is 13.7. The molecule has 0 aliphatic carbocycles. The molecule has 2 aliphatic rings. The monoisotopic (exact) mass is 1090 g/mol. The van der Waals surface area contributed by atoms with Crippen LogP contribution in [0.1, 0.15) is 0 Å². The third kappa shape index (κ3) is 7.51. The first-order chi connectivity index (χ1) is 41.6. The van der Waals surface area contributed by atoms with Crippen molar-refractivity contribution in [1.82, 2.24) is 0 Å². The van der Waals surface area contributed by atoms with Gasteiger partial charge in [0.15, 0.2) is 0 Å². The summed E-state index contributed by atoms with van der Waals surface area (Å²) in [6.07, 6.45) is 0. The van der Waals surface area contributed by atoms with E-state index >= 15 is 4.39 Å². The lowest BCUT2D eigenvalue weighted by atomic mass is 9.33. The molecule has 84 heavy (non-hydrogen) atoms. The third-order valence-corrected chi connectivity index (χ3v) is 18.5. The van der Waals surface area contributed by atoms with E-state index in [0.717, 1.165) is 134 Å². The van der Waals surface area contributed by atoms with Crippen LogP contribution in [0, 0.1) is 5.82 Å². The van der Waals surface area contributed by atoms with E-state index in [9.17, 15) is 0 Å². The quantitative estimate of drug-likeness (QED) is 0.141. The molecule has 0 saturated heterocycles. The lowest BCUT2D eigenvalue weighted by molar-refractivity contribution is 0.628. The number of benzene rings is 13. The number of para-hydroxylation sites is 4. The number of fused-ring (bicyclic) bond motifs is 10. The Morgan fingerprint density at radius 2 is 0.738 bits per heavy atom. The fourth-order valence-corrected chi connectivity index (χ4v) is 14.9. The molecule has 0 radical (unpaired) electrons. The molecule has 15 aromatic rings. The third-order valence-electron chi connectivity index (χ3n) is 17.3. The van der Waals surface area contributed by atoms with Gasteiger partial charge in [-0.2, -0.15) is 0 Å². The Hall–Kier alpha value is -10.5. The number of halogens is 1. The first-order valence-electron chi connectivity index (χ1n) is 28.6. The number of furan rings is 1. The highest BCUT2D eigenvalue weighted by Crippen LogP contribution is 2.54. The lowest BCUT2D eigenvalue weighted by Crippen LogP contribution is -2.61. The molecule has 6 heteroatoms. The Bertz CT molecular complexity index is 4680. The molecule has 2 aliphatic heterocycles. The van der Waals surface area contributed by atoms with Crippen molar-refractivity contribution in [2.24, 2.45) is 0 Å². The molecule has 3 nitrogen and oxygen atoms in total. The second-order valence-electron chi connectivity index (χ2n) is 21.9. The van der Waals surface area contributed by atoms with Gasteiger partial charge in [0.2, 0.25) is 0 Å². The van der Waals surface area contributed by atoms with Gasteiger partial charge in [-0.25, -0.2) is 4.39 Å². The molecule has 0 amide bonds. The molecule has 2 aromatic heterocycles. The zero-order chi connectivity index (χ0) is 55.4. The predicted molar refractivity (Wildman–Crippen MR) is 353 cm³/mol. The number of hydrogen-bond acceptors (Lipinski definition) is 4. The Morgan fingerprint density at radius 3 is 1.27 bits per heavy atom. The summed E-state index contributed by atoms with van der Waals surface area (Å²) in [6, 6.07) is 104. The van der Waals surface area contributed by atoms with Gasteiger partial charge in [0.25, 0.3) is 6.71 Å². The van der Waals surface area contributed by atoms with Gasteiger partial charge in [0, 0.05) is 81.5 Å². The van der Waals surface area contributed by atoms with Crippen molar-refractivity contribution in [1.29, 1.82) is 0 Å². The number of hydrogen-bond donors (Lipinski definition) is 0. The van der Waals surface area contributed by atoms with Crippen molar-refractivity contribution >= 4 is 111 Å². The zero-order valence-electron chi connectivity index (χ0n) is 45.4. The largest absolute Gasteiger partial charge is 0.455 e. The summed E-state index contributed by atoms with van der Waals surface area (Å²) in [5, 5.41) is 4.65. The van der Waals surface area contributed by atoms with E-state index in [4.69, 9.17) is 4.42 Å². The van der Waals surface area contributed by atoms with Gasteiger partial charge in [-0.1, -0.05) is 255 Å². The van der Waals surface area contributed by atoms with Crippen molar-refractivity contribution in [2.75, 3.05) is 9.80 Å². The molecule has 0 saturated carbocycles. The maximum Gasteiger partial charge on any atom is 0.252 e. The smallest absolute Gasteiger partial charge is 0.252 e. The van der Waals surface area contributed by atoms with Crippen LogP contribution in [0.25, 0.3) is 109 Å². The molecular formula is C78H48BFN2OS. The summed E-state index contributed by atoms with van der Waals surface area (Å²) in [5.74, 6) is -0.331. The summed E-state index contributed by atoms with van der Waals surface area (Å²) in [7, 11) is 0. The standard InChI is InChI=1S/C78H48BFN2OS/c80-55-47-70-74-71(48-55)82(76-58(51-25-9-3-10-26-51)33-18-34-59(76)52-27-11-4-12-28-52)69-44-42-54(61-36-20-38-65-63-30-14-16-40-73(63)84-78(61)65)46-67(69)79(74)66-45-53(60-35-19-37-64-62-29-13-15-39-72(62)83-77(60)64)41-43-68(66)81(70)75-56(49-21-5-1-6-22-49)31-17-32-57(75)50-23-7-2-8-24-50/h1-48H. The second-order valence-corrected chi connectivity index (χ2v) is 23.0. The average Bonchev–Trinajstić information content (AvgIpc) is 1.15. The van der Waals surface area contributed by atoms with Crippen LogP contribution in [0.2, 0.25) is 0 Å². The van der Waals surface area contributed by atoms with Crippen LogP contribution in [0.15, 0.2) is 296 Å². The van der Waals surface area contributed by atoms with Gasteiger partial charge in [-0.3, -0.25) is 0 Å². The molecular weight excluding hydrogens is 1040 g/mol. The van der Waals surface area contributed by atoms with E-state index in [0.29, 0.717) is 0 Å². The minimum Gasteiger partial charge on any atom is -0.455 e. The Labute approximate surface area is 490 Å². The van der Waals surface area contributed by atoms with Crippen LogP contribution in [0.3, 0.4) is 0 Å². The number of rotatable bonds is 8. The van der Waals surface area contributed by atoms with E-state index in [2.05, 4.69) is 283 Å². The summed E-state index contributed by atoms with van der Waals surface area (Å²) in [6.45, 7) is -0.377. The van der Waals surface area contributed by atoms with Crippen molar-refractivity contribution in [2.45, 2.75) is 0 Å². The number of nitrogens with zero attached hydrogens (tertiary/aromatic N) is 2. The molecule has 13 aromatic carbocycles. The molecule has 392 valence electrons. The van der Waals surface area contributed by atoms with Gasteiger partial charge in [-0.05, 0) is 91.7 Å². The number of anilines is 6. The SMILES string of the molecule is Fc1cc2c3c(c1)N(c1c(-c4ccccc4)cccc1-c1ccccc1)c1ccc(-c4cccc5c4sc4ccccc45)cc1B3c1cc(-c3cccc4c3oc3ccccc34)ccc1N2c1c(-c2ccccc2)cccc1-c1ccccc1. The first-order valence-corrected chi connectivity index (χ1v) is 29.4. The maximum atomic E-state index is 18.1. The van der Waals surface area contributed by atoms with Crippen LogP contribution in [-0.4, -0.2) is 6.71 Å². The predicted octanol–water partition coefficient (Wildman–Crippen LogP) is 20.2. The molecule has 0 atom stereocenters. The number of thiophene rings is 1. The van der Waals surface area contributed by atoms with Crippen molar-refractivity contribution in [3.05, 3.63) is 297 Å². The van der Waals surface area contributed by atoms with Crippen molar-refractivity contribution in [3.8, 4) is 66.8 Å². The molecule has 0 unspecified atom stereocenters. The highest BCUT2D eigenvalue weighted by molar-refractivity contribution is 7.26. The molecule has 0 fully saturated rings. The average molecular weight is 1090 g/mol. The summed E-state index contributed by atoms with van der Waals surface area (Å²) in [4.78, 5) is 4.78. The second kappa shape index (κ2) is 19.3. The van der Waals surface area contributed by atoms with Gasteiger partial charge >= 0.3 is 0 Å². The summed E-state index contributed by atoms with van der Waals surface area (Å²) < 4.78 is 27.4. The summed E-state index contributed by atoms with van der Waals surface area (Å²) >= 11 is 1.85. The van der Waals surface area contributed by atoms with E-state index in [1.807, 2.05) is 17.4 Å². The van der Waals surface area contributed by atoms with Gasteiger partial charge in [0.05, 0.1) is 11.4 Å². The first kappa shape index (κ1) is 48.2. The van der Waals surface area contributed by atoms with Gasteiger partial charge < -0.3 is 14.2 Å². The molecule has 0 N–H and O–H groups in total. The highest BCUT2D eigenvalue weighted by atomic mass is 32.1. The fraction of sp³-hybridized carbons (Fsp3) is 0. The minimum atomic E-state index is -0.377. The lowest BCUT2D eigenvalue weighted by Gasteiger charge is -2.45. The van der Waals surface area contributed by atoms with E-state index in [-0.39, 0.29) is 12.5 Å². The van der Waals surface area contributed by atoms with Gasteiger partial charge in [0.1, 0.15) is 17.0 Å².